The van der Waals surface area contributed by atoms with Crippen molar-refractivity contribution in [3.63, 3.8) is 0 Å². The van der Waals surface area contributed by atoms with E-state index in [1.165, 1.54) is 6.92 Å². The van der Waals surface area contributed by atoms with Crippen molar-refractivity contribution in [3.8, 4) is 0 Å². The average Bonchev–Trinajstić information content (AvgIpc) is 2.66. The van der Waals surface area contributed by atoms with Gasteiger partial charge in [0.1, 0.15) is 4.88 Å². The van der Waals surface area contributed by atoms with Crippen LogP contribution in [0.1, 0.15) is 16.6 Å². The number of hydrogen-bond donors (Lipinski definition) is 1. The van der Waals surface area contributed by atoms with Crippen molar-refractivity contribution in [1.29, 1.82) is 0 Å². The summed E-state index contributed by atoms with van der Waals surface area (Å²) < 4.78 is 36.6. The summed E-state index contributed by atoms with van der Waals surface area (Å²) in [4.78, 5) is 25.2. The van der Waals surface area contributed by atoms with Crippen LogP contribution in [0.5, 0.6) is 0 Å². The number of carboxylic acid groups (broad SMARTS) is 1. The Labute approximate surface area is 97.5 Å². The zero-order chi connectivity index (χ0) is 13.2. The van der Waals surface area contributed by atoms with E-state index in [2.05, 4.69) is 4.98 Å². The summed E-state index contributed by atoms with van der Waals surface area (Å²) in [7, 11) is 0. The summed E-state index contributed by atoms with van der Waals surface area (Å²) in [5.74, 6) is -3.37. The van der Waals surface area contributed by atoms with E-state index >= 15 is 0 Å². The quantitative estimate of drug-likeness (QED) is 0.906. The predicted octanol–water partition coefficient (Wildman–Crippen LogP) is 1.76. The Morgan fingerprint density at radius 3 is 2.47 bits per heavy atom. The van der Waals surface area contributed by atoms with Crippen molar-refractivity contribution in [2.45, 2.75) is 13.1 Å². The molecule has 0 aliphatic rings. The molecule has 0 fully saturated rings. The zero-order valence-corrected chi connectivity index (χ0v) is 9.30. The first kappa shape index (κ1) is 13.4. The fourth-order valence-corrected chi connectivity index (χ4v) is 1.82. The van der Waals surface area contributed by atoms with Gasteiger partial charge in [0.05, 0.1) is 6.20 Å². The minimum Gasteiger partial charge on any atom is -0.477 e. The molecule has 0 spiro atoms. The van der Waals surface area contributed by atoms with Crippen LogP contribution < -0.4 is 4.90 Å². The number of amides is 1. The number of nitrogens with zero attached hydrogens (tertiary/aromatic N) is 2. The molecular weight excluding hydrogens is 261 g/mol. The second-order valence-electron chi connectivity index (χ2n) is 2.86. The zero-order valence-electron chi connectivity index (χ0n) is 8.48. The van der Waals surface area contributed by atoms with Crippen molar-refractivity contribution >= 4 is 28.3 Å². The lowest BCUT2D eigenvalue weighted by Crippen LogP contribution is -2.41. The van der Waals surface area contributed by atoms with Gasteiger partial charge in [-0.25, -0.2) is 9.78 Å². The van der Waals surface area contributed by atoms with Gasteiger partial charge in [-0.15, -0.1) is 0 Å². The lowest BCUT2D eigenvalue weighted by molar-refractivity contribution is -0.170. The third-order valence-corrected chi connectivity index (χ3v) is 2.75. The van der Waals surface area contributed by atoms with E-state index < -0.39 is 18.1 Å². The number of aromatic nitrogens is 1. The fourth-order valence-electron chi connectivity index (χ4n) is 1.01. The normalized spacial score (nSPS) is 11.3. The smallest absolute Gasteiger partial charge is 0.471 e. The molecule has 0 aliphatic carbocycles. The van der Waals surface area contributed by atoms with Crippen molar-refractivity contribution < 1.29 is 27.9 Å². The molecule has 17 heavy (non-hydrogen) atoms. The van der Waals surface area contributed by atoms with Crippen molar-refractivity contribution in [3.05, 3.63) is 11.1 Å². The maximum Gasteiger partial charge on any atom is 0.471 e. The van der Waals surface area contributed by atoms with Gasteiger partial charge in [-0.05, 0) is 6.92 Å². The number of carbonyl (C=O) groups is 2. The number of thiazole rings is 1. The number of rotatable bonds is 3. The summed E-state index contributed by atoms with van der Waals surface area (Å²) in [5.41, 5.74) is 0. The van der Waals surface area contributed by atoms with Crippen LogP contribution in [0.25, 0.3) is 0 Å². The van der Waals surface area contributed by atoms with Crippen LogP contribution in [0.15, 0.2) is 6.20 Å². The molecule has 0 aromatic carbocycles. The van der Waals surface area contributed by atoms with E-state index in [1.807, 2.05) is 0 Å². The van der Waals surface area contributed by atoms with Crippen molar-refractivity contribution in [1.82, 2.24) is 4.98 Å². The first-order valence-corrected chi connectivity index (χ1v) is 5.16. The van der Waals surface area contributed by atoms with Crippen LogP contribution in [-0.4, -0.2) is 34.7 Å². The number of anilines is 1. The molecule has 9 heteroatoms. The molecule has 0 saturated carbocycles. The molecule has 1 amide bonds. The monoisotopic (exact) mass is 268 g/mol. The van der Waals surface area contributed by atoms with Crippen molar-refractivity contribution in [2.24, 2.45) is 0 Å². The van der Waals surface area contributed by atoms with Crippen molar-refractivity contribution in [2.75, 3.05) is 11.4 Å². The van der Waals surface area contributed by atoms with Gasteiger partial charge in [0.15, 0.2) is 5.13 Å². The highest BCUT2D eigenvalue weighted by molar-refractivity contribution is 7.17. The fraction of sp³-hybridized carbons (Fsp3) is 0.375. The Balaban J connectivity index is 3.02. The Morgan fingerprint density at radius 1 is 1.53 bits per heavy atom. The van der Waals surface area contributed by atoms with E-state index in [4.69, 9.17) is 5.11 Å². The summed E-state index contributed by atoms with van der Waals surface area (Å²) in [5, 5.41) is 8.31. The summed E-state index contributed by atoms with van der Waals surface area (Å²) in [6.07, 6.45) is -4.10. The van der Waals surface area contributed by atoms with Gasteiger partial charge in [0.2, 0.25) is 0 Å². The van der Waals surface area contributed by atoms with E-state index in [0.29, 0.717) is 16.2 Å². The standard InChI is InChI=1S/C8H7F3N2O3S/c1-2-13(6(16)8(9,10)11)7-12-3-4(17-7)5(14)15/h3H,2H2,1H3,(H,14,15). The lowest BCUT2D eigenvalue weighted by Gasteiger charge is -2.18. The van der Waals surface area contributed by atoms with Gasteiger partial charge in [0.25, 0.3) is 0 Å². The number of halogens is 3. The first-order valence-electron chi connectivity index (χ1n) is 4.35. The van der Waals surface area contributed by atoms with Crippen LogP contribution in [0.4, 0.5) is 18.3 Å². The third-order valence-electron chi connectivity index (χ3n) is 1.74. The van der Waals surface area contributed by atoms with E-state index in [9.17, 15) is 22.8 Å². The molecule has 0 unspecified atom stereocenters. The molecule has 0 saturated heterocycles. The van der Waals surface area contributed by atoms with Crippen LogP contribution in [0.3, 0.4) is 0 Å². The summed E-state index contributed by atoms with van der Waals surface area (Å²) >= 11 is 0.513. The van der Waals surface area contributed by atoms with E-state index in [1.54, 1.807) is 0 Å². The third kappa shape index (κ3) is 2.93. The molecule has 1 aromatic heterocycles. The highest BCUT2D eigenvalue weighted by Crippen LogP contribution is 2.27. The van der Waals surface area contributed by atoms with Gasteiger partial charge in [-0.3, -0.25) is 9.69 Å². The predicted molar refractivity (Wildman–Crippen MR) is 53.2 cm³/mol. The van der Waals surface area contributed by atoms with Gasteiger partial charge in [-0.1, -0.05) is 11.3 Å². The topological polar surface area (TPSA) is 70.5 Å². The number of hydrogen-bond acceptors (Lipinski definition) is 4. The molecule has 0 radical (unpaired) electrons. The van der Waals surface area contributed by atoms with Gasteiger partial charge >= 0.3 is 18.1 Å². The molecule has 1 rings (SSSR count). The number of alkyl halides is 3. The summed E-state index contributed by atoms with van der Waals surface area (Å²) in [6, 6.07) is 0. The molecular formula is C8H7F3N2O3S. The van der Waals surface area contributed by atoms with Crippen LogP contribution in [-0.2, 0) is 4.79 Å². The SMILES string of the molecule is CCN(C(=O)C(F)(F)F)c1ncc(C(=O)O)s1. The van der Waals surface area contributed by atoms with Gasteiger partial charge in [-0.2, -0.15) is 13.2 Å². The van der Waals surface area contributed by atoms with Gasteiger partial charge in [0, 0.05) is 6.54 Å². The Hall–Kier alpha value is -1.64. The Bertz CT molecular complexity index is 443. The van der Waals surface area contributed by atoms with Gasteiger partial charge < -0.3 is 5.11 Å². The highest BCUT2D eigenvalue weighted by atomic mass is 32.1. The highest BCUT2D eigenvalue weighted by Gasteiger charge is 2.43. The number of aromatic carboxylic acids is 1. The molecule has 0 aliphatic heterocycles. The Morgan fingerprint density at radius 2 is 2.12 bits per heavy atom. The second kappa shape index (κ2) is 4.70. The number of carboxylic acids is 1. The molecule has 1 N–H and O–H groups in total. The number of carbonyl (C=O) groups excluding carboxylic acids is 1. The summed E-state index contributed by atoms with van der Waals surface area (Å²) in [6.45, 7) is 1.09. The largest absolute Gasteiger partial charge is 0.477 e. The molecule has 94 valence electrons. The molecule has 0 bridgehead atoms. The van der Waals surface area contributed by atoms with E-state index in [0.717, 1.165) is 6.20 Å². The second-order valence-corrected chi connectivity index (χ2v) is 3.87. The van der Waals surface area contributed by atoms with E-state index in [-0.39, 0.29) is 16.6 Å². The molecule has 1 aromatic rings. The van der Waals surface area contributed by atoms with Crippen LogP contribution >= 0.6 is 11.3 Å². The molecule has 5 nitrogen and oxygen atoms in total. The first-order chi connectivity index (χ1) is 7.77. The molecule has 0 atom stereocenters. The maximum absolute atomic E-state index is 12.2. The maximum atomic E-state index is 12.2. The van der Waals surface area contributed by atoms with Crippen LogP contribution in [0, 0.1) is 0 Å². The van der Waals surface area contributed by atoms with Crippen LogP contribution in [0.2, 0.25) is 0 Å². The average molecular weight is 268 g/mol. The minimum atomic E-state index is -5.01. The minimum absolute atomic E-state index is 0.228. The lowest BCUT2D eigenvalue weighted by atomic mass is 10.5. The molecule has 1 heterocycles. The Kier molecular flexibility index (Phi) is 3.71.